The summed E-state index contributed by atoms with van der Waals surface area (Å²) in [5.41, 5.74) is 6.81. The van der Waals surface area contributed by atoms with Crippen molar-refractivity contribution in [2.75, 3.05) is 19.8 Å². The van der Waals surface area contributed by atoms with E-state index in [9.17, 15) is 15.0 Å². The van der Waals surface area contributed by atoms with Gasteiger partial charge in [-0.2, -0.15) is 0 Å². The van der Waals surface area contributed by atoms with Crippen molar-refractivity contribution in [3.8, 4) is 11.4 Å². The van der Waals surface area contributed by atoms with Crippen LogP contribution in [0.15, 0.2) is 135 Å². The van der Waals surface area contributed by atoms with Crippen LogP contribution in [0.4, 0.5) is 0 Å². The molecular formula is C39H32Br2N6O5. The standard InChI is InChI=1S/C22H20BrN3O5.C17H12BrN3/c23-15-6-7-17-16(10-15)19(14-4-2-1-3-5-14)24-11-18-20(25-13-26(17)18)22(30,21(28)29)12-31-9-8-27;18-13-6-7-16-15(8-13)17(12-4-2-1-3-5-12)20-10-14-9-19-11-21(14)16/h1-7,10,13,27,30H,8-9,11-12H2,(H,28,29);1-9,11H,10H2. The van der Waals surface area contributed by atoms with Crippen molar-refractivity contribution in [2.45, 2.75) is 18.7 Å². The Morgan fingerprint density at radius 3 is 1.94 bits per heavy atom. The zero-order valence-corrected chi connectivity index (χ0v) is 30.8. The summed E-state index contributed by atoms with van der Waals surface area (Å²) in [4.78, 5) is 30.1. The van der Waals surface area contributed by atoms with E-state index in [0.29, 0.717) is 12.2 Å². The minimum Gasteiger partial charge on any atom is -0.479 e. The van der Waals surface area contributed by atoms with Gasteiger partial charge in [0.05, 0.1) is 85.9 Å². The lowest BCUT2D eigenvalue weighted by atomic mass is 9.99. The van der Waals surface area contributed by atoms with Crippen molar-refractivity contribution in [2.24, 2.45) is 9.98 Å². The molecule has 262 valence electrons. The predicted octanol–water partition coefficient (Wildman–Crippen LogP) is 6.25. The molecule has 3 N–H and O–H groups in total. The Labute approximate surface area is 315 Å². The highest BCUT2D eigenvalue weighted by Crippen LogP contribution is 2.33. The molecule has 4 aromatic carbocycles. The molecule has 1 atom stereocenters. The zero-order chi connectivity index (χ0) is 36.2. The third kappa shape index (κ3) is 6.93. The van der Waals surface area contributed by atoms with Crippen LogP contribution in [0.3, 0.4) is 0 Å². The van der Waals surface area contributed by atoms with Gasteiger partial charge in [-0.1, -0.05) is 92.5 Å². The third-order valence-corrected chi connectivity index (χ3v) is 9.69. The van der Waals surface area contributed by atoms with Gasteiger partial charge in [-0.25, -0.2) is 14.8 Å². The van der Waals surface area contributed by atoms with Gasteiger partial charge in [0.15, 0.2) is 0 Å². The first-order chi connectivity index (χ1) is 25.3. The average molecular weight is 825 g/mol. The van der Waals surface area contributed by atoms with E-state index in [0.717, 1.165) is 59.7 Å². The summed E-state index contributed by atoms with van der Waals surface area (Å²) >= 11 is 7.08. The number of aliphatic imine (C=N–C) groups is 2. The lowest BCUT2D eigenvalue weighted by Crippen LogP contribution is -2.42. The number of aliphatic carboxylic acids is 1. The number of carboxylic acids is 1. The molecule has 52 heavy (non-hydrogen) atoms. The fraction of sp³-hybridized carbons (Fsp3) is 0.154. The summed E-state index contributed by atoms with van der Waals surface area (Å²) in [5.74, 6) is -1.49. The normalized spacial score (nSPS) is 14.1. The molecule has 0 amide bonds. The molecule has 0 saturated carbocycles. The molecule has 11 nitrogen and oxygen atoms in total. The molecule has 0 radical (unpaired) electrons. The van der Waals surface area contributed by atoms with Gasteiger partial charge >= 0.3 is 5.97 Å². The van der Waals surface area contributed by atoms with E-state index in [1.165, 1.54) is 6.33 Å². The molecule has 2 aromatic heterocycles. The quantitative estimate of drug-likeness (QED) is 0.154. The first-order valence-corrected chi connectivity index (χ1v) is 17.9. The first-order valence-electron chi connectivity index (χ1n) is 16.3. The van der Waals surface area contributed by atoms with E-state index in [1.807, 2.05) is 79.3 Å². The number of rotatable bonds is 8. The molecule has 2 aliphatic rings. The van der Waals surface area contributed by atoms with Crippen LogP contribution in [0.5, 0.6) is 0 Å². The van der Waals surface area contributed by atoms with Crippen molar-refractivity contribution in [1.82, 2.24) is 19.1 Å². The molecule has 0 saturated heterocycles. The number of fused-ring (bicyclic) bond motifs is 6. The molecule has 0 spiro atoms. The number of aliphatic hydroxyl groups is 2. The minimum absolute atomic E-state index is 0.0372. The Morgan fingerprint density at radius 1 is 0.788 bits per heavy atom. The van der Waals surface area contributed by atoms with Crippen LogP contribution in [0.2, 0.25) is 0 Å². The van der Waals surface area contributed by atoms with Crippen LogP contribution >= 0.6 is 31.9 Å². The average Bonchev–Trinajstić information content (AvgIpc) is 3.74. The van der Waals surface area contributed by atoms with Crippen molar-refractivity contribution >= 4 is 49.3 Å². The van der Waals surface area contributed by atoms with Gasteiger partial charge in [-0.3, -0.25) is 9.98 Å². The maximum Gasteiger partial charge on any atom is 0.344 e. The minimum atomic E-state index is -2.38. The smallest absolute Gasteiger partial charge is 0.344 e. The Hall–Kier alpha value is -5.05. The largest absolute Gasteiger partial charge is 0.479 e. The summed E-state index contributed by atoms with van der Waals surface area (Å²) < 4.78 is 10.9. The van der Waals surface area contributed by atoms with Gasteiger partial charge < -0.3 is 29.2 Å². The highest BCUT2D eigenvalue weighted by Gasteiger charge is 2.44. The first kappa shape index (κ1) is 35.4. The number of halogens is 2. The van der Waals surface area contributed by atoms with Crippen LogP contribution in [0.25, 0.3) is 11.4 Å². The molecule has 8 rings (SSSR count). The highest BCUT2D eigenvalue weighted by molar-refractivity contribution is 9.10. The topological polar surface area (TPSA) is 147 Å². The number of nitrogens with zero attached hydrogens (tertiary/aromatic N) is 6. The van der Waals surface area contributed by atoms with E-state index in [1.54, 1.807) is 4.57 Å². The van der Waals surface area contributed by atoms with E-state index in [-0.39, 0.29) is 25.5 Å². The second kappa shape index (κ2) is 15.3. The summed E-state index contributed by atoms with van der Waals surface area (Å²) in [6, 6.07) is 32.0. The third-order valence-electron chi connectivity index (χ3n) is 8.70. The predicted molar refractivity (Wildman–Crippen MR) is 204 cm³/mol. The molecule has 2 aliphatic heterocycles. The van der Waals surface area contributed by atoms with Gasteiger partial charge in [-0.15, -0.1) is 0 Å². The summed E-state index contributed by atoms with van der Waals surface area (Å²) in [5, 5.41) is 29.6. The second-order valence-electron chi connectivity index (χ2n) is 12.0. The van der Waals surface area contributed by atoms with Crippen LogP contribution in [-0.4, -0.2) is 71.6 Å². The Balaban J connectivity index is 0.000000174. The molecule has 0 aliphatic carbocycles. The molecule has 4 heterocycles. The fourth-order valence-corrected chi connectivity index (χ4v) is 6.96. The van der Waals surface area contributed by atoms with Gasteiger partial charge in [0, 0.05) is 31.2 Å². The van der Waals surface area contributed by atoms with Gasteiger partial charge in [-0.05, 0) is 36.4 Å². The van der Waals surface area contributed by atoms with Gasteiger partial charge in [0.2, 0.25) is 5.60 Å². The number of imidazole rings is 2. The molecule has 0 bridgehead atoms. The number of carbonyl (C=O) groups is 1. The van der Waals surface area contributed by atoms with Crippen LogP contribution in [0.1, 0.15) is 39.3 Å². The van der Waals surface area contributed by atoms with Crippen molar-refractivity contribution in [1.29, 1.82) is 0 Å². The number of hydrogen-bond donors (Lipinski definition) is 3. The Bertz CT molecular complexity index is 2300. The lowest BCUT2D eigenvalue weighted by molar-refractivity contribution is -0.168. The van der Waals surface area contributed by atoms with E-state index < -0.39 is 18.2 Å². The van der Waals surface area contributed by atoms with Crippen molar-refractivity contribution < 1.29 is 24.9 Å². The van der Waals surface area contributed by atoms with Crippen LogP contribution < -0.4 is 0 Å². The number of hydrogen-bond acceptors (Lipinski definition) is 8. The summed E-state index contributed by atoms with van der Waals surface area (Å²) in [6.07, 6.45) is 5.22. The van der Waals surface area contributed by atoms with E-state index >= 15 is 0 Å². The SMILES string of the molecule is Brc1ccc2c(c1)C(c1ccccc1)=NCc1cncn1-2.O=C(O)C(O)(COCCO)c1ncn2c1CN=C(c1ccccc1)c1cc(Br)ccc1-2. The van der Waals surface area contributed by atoms with Crippen molar-refractivity contribution in [3.05, 3.63) is 164 Å². The molecule has 0 fully saturated rings. The fourth-order valence-electron chi connectivity index (χ4n) is 6.24. The number of benzene rings is 4. The van der Waals surface area contributed by atoms with Crippen LogP contribution in [0, 0.1) is 0 Å². The molecule has 6 aromatic rings. The highest BCUT2D eigenvalue weighted by atomic mass is 79.9. The molecule has 1 unspecified atom stereocenters. The number of ether oxygens (including phenoxy) is 1. The van der Waals surface area contributed by atoms with E-state index in [2.05, 4.69) is 76.7 Å². The number of carboxylic acid groups (broad SMARTS) is 1. The Morgan fingerprint density at radius 2 is 1.37 bits per heavy atom. The molecule has 13 heteroatoms. The van der Waals surface area contributed by atoms with Crippen molar-refractivity contribution in [3.63, 3.8) is 0 Å². The number of aromatic nitrogens is 4. The van der Waals surface area contributed by atoms with Gasteiger partial charge in [0.25, 0.3) is 0 Å². The molecular weight excluding hydrogens is 792 g/mol. The Kier molecular flexibility index (Phi) is 10.4. The summed E-state index contributed by atoms with van der Waals surface area (Å²) in [7, 11) is 0. The lowest BCUT2D eigenvalue weighted by Gasteiger charge is -2.22. The number of aliphatic hydroxyl groups excluding tert-OH is 1. The van der Waals surface area contributed by atoms with E-state index in [4.69, 9.17) is 19.8 Å². The van der Waals surface area contributed by atoms with Crippen LogP contribution in [-0.2, 0) is 28.2 Å². The second-order valence-corrected chi connectivity index (χ2v) is 13.8. The zero-order valence-electron chi connectivity index (χ0n) is 27.6. The summed E-state index contributed by atoms with van der Waals surface area (Å²) in [6.45, 7) is -0.184. The maximum atomic E-state index is 12.0. The van der Waals surface area contributed by atoms with Gasteiger partial charge in [0.1, 0.15) is 5.69 Å². The monoisotopic (exact) mass is 822 g/mol. The maximum absolute atomic E-state index is 12.0.